The van der Waals surface area contributed by atoms with Crippen LogP contribution in [0.15, 0.2) is 23.8 Å². The van der Waals surface area contributed by atoms with Crippen LogP contribution < -0.4 is 0 Å². The van der Waals surface area contributed by atoms with Gasteiger partial charge in [-0.15, -0.1) is 0 Å². The summed E-state index contributed by atoms with van der Waals surface area (Å²) in [6, 6.07) is 0. The molecule has 56 valence electrons. The molecule has 0 aromatic carbocycles. The van der Waals surface area contributed by atoms with Crippen LogP contribution in [0.25, 0.3) is 0 Å². The van der Waals surface area contributed by atoms with Crippen molar-refractivity contribution in [2.24, 2.45) is 5.92 Å². The van der Waals surface area contributed by atoms with E-state index in [-0.39, 0.29) is 0 Å². The second kappa shape index (κ2) is 3.60. The molecule has 0 N–H and O–H groups in total. The second-order valence-electron chi connectivity index (χ2n) is 3.23. The molecule has 1 aliphatic carbocycles. The van der Waals surface area contributed by atoms with Gasteiger partial charge in [0.1, 0.15) is 0 Å². The van der Waals surface area contributed by atoms with Gasteiger partial charge in [0.25, 0.3) is 0 Å². The van der Waals surface area contributed by atoms with Gasteiger partial charge in [0.05, 0.1) is 0 Å². The summed E-state index contributed by atoms with van der Waals surface area (Å²) in [7, 11) is 0. The average molecular weight is 136 g/mol. The Kier molecular flexibility index (Phi) is 2.73. The normalized spacial score (nSPS) is 27.0. The molecule has 0 aliphatic heterocycles. The van der Waals surface area contributed by atoms with E-state index >= 15 is 0 Å². The Morgan fingerprint density at radius 1 is 1.50 bits per heavy atom. The Hall–Kier alpha value is -0.520. The van der Waals surface area contributed by atoms with Crippen LogP contribution >= 0.6 is 0 Å². The Morgan fingerprint density at radius 2 is 2.30 bits per heavy atom. The molecule has 1 rings (SSSR count). The first-order valence-corrected chi connectivity index (χ1v) is 4.11. The summed E-state index contributed by atoms with van der Waals surface area (Å²) in [5.41, 5.74) is 1.55. The van der Waals surface area contributed by atoms with Crippen molar-refractivity contribution in [2.75, 3.05) is 0 Å². The summed E-state index contributed by atoms with van der Waals surface area (Å²) in [5, 5.41) is 0. The number of hydrogen-bond acceptors (Lipinski definition) is 0. The van der Waals surface area contributed by atoms with Crippen LogP contribution in [-0.4, -0.2) is 0 Å². The van der Waals surface area contributed by atoms with Gasteiger partial charge in [0.15, 0.2) is 0 Å². The van der Waals surface area contributed by atoms with Crippen molar-refractivity contribution >= 4 is 0 Å². The van der Waals surface area contributed by atoms with E-state index < -0.39 is 0 Å². The third-order valence-electron chi connectivity index (χ3n) is 2.06. The summed E-state index contributed by atoms with van der Waals surface area (Å²) < 4.78 is 0. The average Bonchev–Trinajstić information content (AvgIpc) is 1.90. The van der Waals surface area contributed by atoms with Crippen LogP contribution in [0.5, 0.6) is 0 Å². The smallest absolute Gasteiger partial charge is 0.0167 e. The summed E-state index contributed by atoms with van der Waals surface area (Å²) in [4.78, 5) is 0. The molecule has 1 aliphatic rings. The molecule has 1 unspecified atom stereocenters. The van der Waals surface area contributed by atoms with Gasteiger partial charge in [-0.05, 0) is 32.1 Å². The van der Waals surface area contributed by atoms with E-state index in [9.17, 15) is 0 Å². The van der Waals surface area contributed by atoms with Crippen LogP contribution in [0.1, 0.15) is 33.1 Å². The summed E-state index contributed by atoms with van der Waals surface area (Å²) >= 11 is 0. The zero-order valence-corrected chi connectivity index (χ0v) is 6.93. The Morgan fingerprint density at radius 3 is 3.10 bits per heavy atom. The van der Waals surface area contributed by atoms with Crippen molar-refractivity contribution in [3.05, 3.63) is 23.8 Å². The fraction of sp³-hybridized carbons (Fsp3) is 0.600. The first-order chi connectivity index (χ1) is 4.79. The van der Waals surface area contributed by atoms with Gasteiger partial charge < -0.3 is 0 Å². The molecule has 0 aromatic rings. The zero-order valence-electron chi connectivity index (χ0n) is 6.93. The first-order valence-electron chi connectivity index (χ1n) is 4.11. The third-order valence-corrected chi connectivity index (χ3v) is 2.06. The molecule has 0 nitrogen and oxygen atoms in total. The van der Waals surface area contributed by atoms with Gasteiger partial charge in [-0.2, -0.15) is 0 Å². The SMILES string of the molecule is CC1=CCC=CC(C)CC1. The molecule has 0 heterocycles. The highest BCUT2D eigenvalue weighted by atomic mass is 14.0. The van der Waals surface area contributed by atoms with Gasteiger partial charge in [-0.25, -0.2) is 0 Å². The quantitative estimate of drug-likeness (QED) is 0.448. The molecule has 0 fully saturated rings. The molecular formula is C10H16. The van der Waals surface area contributed by atoms with E-state index in [2.05, 4.69) is 32.1 Å². The lowest BCUT2D eigenvalue weighted by molar-refractivity contribution is 0.638. The van der Waals surface area contributed by atoms with E-state index in [1.54, 1.807) is 5.57 Å². The maximum atomic E-state index is 2.32. The lowest BCUT2D eigenvalue weighted by Gasteiger charge is -2.08. The van der Waals surface area contributed by atoms with Crippen molar-refractivity contribution < 1.29 is 0 Å². The lowest BCUT2D eigenvalue weighted by Crippen LogP contribution is -1.92. The van der Waals surface area contributed by atoms with E-state index in [4.69, 9.17) is 0 Å². The molecule has 0 amide bonds. The summed E-state index contributed by atoms with van der Waals surface area (Å²) in [6.07, 6.45) is 10.7. The minimum Gasteiger partial charge on any atom is -0.0854 e. The fourth-order valence-corrected chi connectivity index (χ4v) is 1.23. The molecule has 10 heavy (non-hydrogen) atoms. The molecule has 0 bridgehead atoms. The number of rotatable bonds is 0. The predicted molar refractivity (Wildman–Crippen MR) is 45.9 cm³/mol. The Bertz CT molecular complexity index is 151. The second-order valence-corrected chi connectivity index (χ2v) is 3.23. The van der Waals surface area contributed by atoms with Gasteiger partial charge in [0.2, 0.25) is 0 Å². The maximum Gasteiger partial charge on any atom is -0.0167 e. The zero-order chi connectivity index (χ0) is 7.40. The van der Waals surface area contributed by atoms with Crippen molar-refractivity contribution in [2.45, 2.75) is 33.1 Å². The van der Waals surface area contributed by atoms with E-state index in [1.807, 2.05) is 0 Å². The topological polar surface area (TPSA) is 0 Å². The minimum atomic E-state index is 0.781. The highest BCUT2D eigenvalue weighted by molar-refractivity contribution is 5.05. The molecule has 0 spiro atoms. The Labute approximate surface area is 63.6 Å². The van der Waals surface area contributed by atoms with Crippen LogP contribution in [0.2, 0.25) is 0 Å². The number of allylic oxidation sites excluding steroid dienone is 4. The van der Waals surface area contributed by atoms with Crippen LogP contribution in [-0.2, 0) is 0 Å². The molecule has 1 atom stereocenters. The van der Waals surface area contributed by atoms with Crippen molar-refractivity contribution in [3.8, 4) is 0 Å². The van der Waals surface area contributed by atoms with Gasteiger partial charge >= 0.3 is 0 Å². The van der Waals surface area contributed by atoms with Crippen molar-refractivity contribution in [1.29, 1.82) is 0 Å². The molecular weight excluding hydrogens is 120 g/mol. The monoisotopic (exact) mass is 136 g/mol. The van der Waals surface area contributed by atoms with E-state index in [0.29, 0.717) is 0 Å². The largest absolute Gasteiger partial charge is 0.0854 e. The molecule has 0 radical (unpaired) electrons. The first kappa shape index (κ1) is 7.59. The number of hydrogen-bond donors (Lipinski definition) is 0. The predicted octanol–water partition coefficient (Wildman–Crippen LogP) is 3.31. The standard InChI is InChI=1S/C10H16/c1-9-5-3-4-6-10(2)8-7-9/h3,5-6,9H,4,7-8H2,1-2H3. The fourth-order valence-electron chi connectivity index (χ4n) is 1.23. The van der Waals surface area contributed by atoms with E-state index in [0.717, 1.165) is 12.3 Å². The van der Waals surface area contributed by atoms with Crippen LogP contribution in [0, 0.1) is 5.92 Å². The summed E-state index contributed by atoms with van der Waals surface area (Å²) in [6.45, 7) is 4.51. The van der Waals surface area contributed by atoms with Gasteiger partial charge in [0, 0.05) is 0 Å². The Balaban J connectivity index is 2.51. The van der Waals surface area contributed by atoms with Gasteiger partial charge in [-0.1, -0.05) is 30.7 Å². The highest BCUT2D eigenvalue weighted by Crippen LogP contribution is 2.16. The van der Waals surface area contributed by atoms with Crippen molar-refractivity contribution in [1.82, 2.24) is 0 Å². The summed E-state index contributed by atoms with van der Waals surface area (Å²) in [5.74, 6) is 0.781. The molecule has 0 saturated heterocycles. The lowest BCUT2D eigenvalue weighted by atomic mass is 9.98. The minimum absolute atomic E-state index is 0.781. The molecule has 0 heteroatoms. The maximum absolute atomic E-state index is 2.32. The molecule has 0 aromatic heterocycles. The van der Waals surface area contributed by atoms with E-state index in [1.165, 1.54) is 12.8 Å². The third kappa shape index (κ3) is 2.38. The highest BCUT2D eigenvalue weighted by Gasteiger charge is 1.99. The van der Waals surface area contributed by atoms with Crippen LogP contribution in [0.3, 0.4) is 0 Å². The van der Waals surface area contributed by atoms with Crippen LogP contribution in [0.4, 0.5) is 0 Å². The van der Waals surface area contributed by atoms with Gasteiger partial charge in [-0.3, -0.25) is 0 Å². The molecule has 0 saturated carbocycles. The van der Waals surface area contributed by atoms with Crippen molar-refractivity contribution in [3.63, 3.8) is 0 Å².